The Labute approximate surface area is 133 Å². The molecule has 0 bridgehead atoms. The largest absolute Gasteiger partial charge is 0.311 e. The molecule has 1 heterocycles. The number of aromatic nitrogens is 1. The molecule has 120 valence electrons. The predicted molar refractivity (Wildman–Crippen MR) is 90.9 cm³/mol. The zero-order valence-corrected chi connectivity index (χ0v) is 14.5. The standard InChI is InChI=1S/C16H29N3OS/c1-4-6-7-8-9-10-11-17-12-15-13-21-16(18-15)19(5-2)14(3)20/h13,17H,4-12H2,1-3H3. The molecule has 0 saturated carbocycles. The lowest BCUT2D eigenvalue weighted by atomic mass is 10.1. The van der Waals surface area contributed by atoms with Crippen LogP contribution in [0.15, 0.2) is 5.38 Å². The van der Waals surface area contributed by atoms with Crippen LogP contribution in [-0.4, -0.2) is 24.0 Å². The number of carbonyl (C=O) groups is 1. The number of carbonyl (C=O) groups excluding carboxylic acids is 1. The molecule has 0 aliphatic rings. The molecule has 0 atom stereocenters. The number of hydrogen-bond donors (Lipinski definition) is 1. The number of amides is 1. The Bertz CT molecular complexity index is 406. The average molecular weight is 311 g/mol. The summed E-state index contributed by atoms with van der Waals surface area (Å²) < 4.78 is 0. The lowest BCUT2D eigenvalue weighted by Crippen LogP contribution is -2.27. The van der Waals surface area contributed by atoms with Crippen LogP contribution in [0.3, 0.4) is 0 Å². The van der Waals surface area contributed by atoms with Gasteiger partial charge in [-0.2, -0.15) is 0 Å². The first-order valence-electron chi connectivity index (χ1n) is 8.12. The lowest BCUT2D eigenvalue weighted by Gasteiger charge is -2.14. The molecule has 0 unspecified atom stereocenters. The Balaban J connectivity index is 2.19. The van der Waals surface area contributed by atoms with Crippen molar-refractivity contribution in [3.8, 4) is 0 Å². The summed E-state index contributed by atoms with van der Waals surface area (Å²) in [6.07, 6.45) is 7.92. The van der Waals surface area contributed by atoms with Gasteiger partial charge in [-0.15, -0.1) is 11.3 Å². The van der Waals surface area contributed by atoms with Gasteiger partial charge in [0, 0.05) is 25.4 Å². The van der Waals surface area contributed by atoms with E-state index in [0.717, 1.165) is 23.9 Å². The normalized spacial score (nSPS) is 10.8. The van der Waals surface area contributed by atoms with Gasteiger partial charge >= 0.3 is 0 Å². The van der Waals surface area contributed by atoms with Crippen LogP contribution < -0.4 is 10.2 Å². The van der Waals surface area contributed by atoms with Crippen LogP contribution in [0.25, 0.3) is 0 Å². The molecule has 4 nitrogen and oxygen atoms in total. The molecule has 1 amide bonds. The van der Waals surface area contributed by atoms with E-state index in [1.54, 1.807) is 23.2 Å². The Morgan fingerprint density at radius 1 is 1.24 bits per heavy atom. The van der Waals surface area contributed by atoms with Gasteiger partial charge in [-0.1, -0.05) is 39.0 Å². The smallest absolute Gasteiger partial charge is 0.225 e. The molecular formula is C16H29N3OS. The molecule has 21 heavy (non-hydrogen) atoms. The number of rotatable bonds is 11. The first-order valence-corrected chi connectivity index (χ1v) is 9.00. The second-order valence-corrected chi connectivity index (χ2v) is 6.17. The third-order valence-electron chi connectivity index (χ3n) is 3.48. The number of nitrogens with zero attached hydrogens (tertiary/aromatic N) is 2. The van der Waals surface area contributed by atoms with Crippen molar-refractivity contribution in [1.82, 2.24) is 10.3 Å². The van der Waals surface area contributed by atoms with Gasteiger partial charge in [0.25, 0.3) is 0 Å². The van der Waals surface area contributed by atoms with Crippen molar-refractivity contribution in [1.29, 1.82) is 0 Å². The first-order chi connectivity index (χ1) is 10.2. The third kappa shape index (κ3) is 7.05. The summed E-state index contributed by atoms with van der Waals surface area (Å²) in [5.74, 6) is 0.0541. The molecule has 0 radical (unpaired) electrons. The maximum Gasteiger partial charge on any atom is 0.225 e. The maximum absolute atomic E-state index is 11.5. The molecule has 1 aromatic heterocycles. The molecule has 0 aromatic carbocycles. The second-order valence-electron chi connectivity index (χ2n) is 5.33. The molecule has 0 aliphatic carbocycles. The fourth-order valence-corrected chi connectivity index (χ4v) is 3.17. The quantitative estimate of drug-likeness (QED) is 0.629. The summed E-state index contributed by atoms with van der Waals surface area (Å²) in [5, 5.41) is 6.28. The van der Waals surface area contributed by atoms with E-state index < -0.39 is 0 Å². The van der Waals surface area contributed by atoms with E-state index in [4.69, 9.17) is 0 Å². The predicted octanol–water partition coefficient (Wildman–Crippen LogP) is 3.97. The molecule has 1 N–H and O–H groups in total. The molecule has 5 heteroatoms. The number of nitrogens with one attached hydrogen (secondary N) is 1. The Morgan fingerprint density at radius 3 is 2.62 bits per heavy atom. The van der Waals surface area contributed by atoms with Crippen molar-refractivity contribution in [3.05, 3.63) is 11.1 Å². The van der Waals surface area contributed by atoms with Gasteiger partial charge in [-0.25, -0.2) is 4.98 Å². The van der Waals surface area contributed by atoms with E-state index in [9.17, 15) is 4.79 Å². The Hall–Kier alpha value is -0.940. The fraction of sp³-hybridized carbons (Fsp3) is 0.750. The highest BCUT2D eigenvalue weighted by molar-refractivity contribution is 7.14. The highest BCUT2D eigenvalue weighted by Crippen LogP contribution is 2.20. The van der Waals surface area contributed by atoms with Crippen LogP contribution in [0.5, 0.6) is 0 Å². The second kappa shape index (κ2) is 10.7. The van der Waals surface area contributed by atoms with Crippen molar-refractivity contribution >= 4 is 22.4 Å². The topological polar surface area (TPSA) is 45.2 Å². The molecule has 0 aliphatic heterocycles. The van der Waals surface area contributed by atoms with E-state index >= 15 is 0 Å². The van der Waals surface area contributed by atoms with Crippen LogP contribution in [0.4, 0.5) is 5.13 Å². The van der Waals surface area contributed by atoms with E-state index in [-0.39, 0.29) is 5.91 Å². The molecule has 0 fully saturated rings. The minimum atomic E-state index is 0.0541. The van der Waals surface area contributed by atoms with E-state index in [2.05, 4.69) is 17.2 Å². The van der Waals surface area contributed by atoms with Gasteiger partial charge < -0.3 is 5.32 Å². The summed E-state index contributed by atoms with van der Waals surface area (Å²) in [7, 11) is 0. The number of anilines is 1. The number of thiazole rings is 1. The van der Waals surface area contributed by atoms with Crippen molar-refractivity contribution in [2.75, 3.05) is 18.0 Å². The monoisotopic (exact) mass is 311 g/mol. The minimum Gasteiger partial charge on any atom is -0.311 e. The lowest BCUT2D eigenvalue weighted by molar-refractivity contribution is -0.116. The van der Waals surface area contributed by atoms with Crippen LogP contribution in [0.1, 0.15) is 65.0 Å². The fourth-order valence-electron chi connectivity index (χ4n) is 2.24. The van der Waals surface area contributed by atoms with Gasteiger partial charge in [-0.05, 0) is 19.9 Å². The maximum atomic E-state index is 11.5. The molecule has 0 spiro atoms. The van der Waals surface area contributed by atoms with E-state index in [1.807, 2.05) is 12.3 Å². The molecular weight excluding hydrogens is 282 g/mol. The van der Waals surface area contributed by atoms with Crippen molar-refractivity contribution in [3.63, 3.8) is 0 Å². The Morgan fingerprint density at radius 2 is 1.95 bits per heavy atom. The summed E-state index contributed by atoms with van der Waals surface area (Å²) in [6, 6.07) is 0. The van der Waals surface area contributed by atoms with Gasteiger partial charge in [0.15, 0.2) is 5.13 Å². The summed E-state index contributed by atoms with van der Waals surface area (Å²) >= 11 is 1.54. The van der Waals surface area contributed by atoms with Gasteiger partial charge in [0.05, 0.1) is 5.69 Å². The highest BCUT2D eigenvalue weighted by Gasteiger charge is 2.12. The summed E-state index contributed by atoms with van der Waals surface area (Å²) in [6.45, 7) is 8.31. The van der Waals surface area contributed by atoms with Crippen molar-refractivity contribution in [2.45, 2.75) is 65.8 Å². The number of hydrogen-bond acceptors (Lipinski definition) is 4. The van der Waals surface area contributed by atoms with Gasteiger partial charge in [0.2, 0.25) is 5.91 Å². The van der Waals surface area contributed by atoms with Crippen LogP contribution >= 0.6 is 11.3 Å². The van der Waals surface area contributed by atoms with E-state index in [0.29, 0.717) is 6.54 Å². The minimum absolute atomic E-state index is 0.0541. The molecule has 1 aromatic rings. The van der Waals surface area contributed by atoms with Crippen LogP contribution in [-0.2, 0) is 11.3 Å². The summed E-state index contributed by atoms with van der Waals surface area (Å²) in [5.41, 5.74) is 1.03. The van der Waals surface area contributed by atoms with Crippen LogP contribution in [0, 0.1) is 0 Å². The zero-order chi connectivity index (χ0) is 15.5. The highest BCUT2D eigenvalue weighted by atomic mass is 32.1. The van der Waals surface area contributed by atoms with Crippen molar-refractivity contribution in [2.24, 2.45) is 0 Å². The average Bonchev–Trinajstić information content (AvgIpc) is 2.91. The first kappa shape index (κ1) is 18.1. The summed E-state index contributed by atoms with van der Waals surface area (Å²) in [4.78, 5) is 17.7. The zero-order valence-electron chi connectivity index (χ0n) is 13.7. The van der Waals surface area contributed by atoms with E-state index in [1.165, 1.54) is 38.5 Å². The SMILES string of the molecule is CCCCCCCCNCc1csc(N(CC)C(C)=O)n1. The molecule has 1 rings (SSSR count). The Kier molecular flexibility index (Phi) is 9.26. The number of unbranched alkanes of at least 4 members (excludes halogenated alkanes) is 5. The molecule has 0 saturated heterocycles. The third-order valence-corrected chi connectivity index (χ3v) is 4.39. The van der Waals surface area contributed by atoms with Crippen LogP contribution in [0.2, 0.25) is 0 Å². The van der Waals surface area contributed by atoms with Gasteiger partial charge in [-0.3, -0.25) is 9.69 Å². The van der Waals surface area contributed by atoms with Gasteiger partial charge in [0.1, 0.15) is 0 Å². The van der Waals surface area contributed by atoms with Crippen molar-refractivity contribution < 1.29 is 4.79 Å².